The van der Waals surface area contributed by atoms with Crippen molar-refractivity contribution in [1.29, 1.82) is 0 Å². The molecule has 0 atom stereocenters. The van der Waals surface area contributed by atoms with Crippen LogP contribution < -0.4 is 0 Å². The van der Waals surface area contributed by atoms with E-state index in [1.807, 2.05) is 6.92 Å². The van der Waals surface area contributed by atoms with Gasteiger partial charge in [-0.3, -0.25) is 0 Å². The summed E-state index contributed by atoms with van der Waals surface area (Å²) in [5, 5.41) is 0. The summed E-state index contributed by atoms with van der Waals surface area (Å²) in [5.74, 6) is 6.16. The molecule has 0 radical (unpaired) electrons. The van der Waals surface area contributed by atoms with E-state index in [0.717, 1.165) is 17.5 Å². The summed E-state index contributed by atoms with van der Waals surface area (Å²) >= 11 is 0. The van der Waals surface area contributed by atoms with Gasteiger partial charge in [-0.1, -0.05) is 63.7 Å². The van der Waals surface area contributed by atoms with Gasteiger partial charge in [-0.25, -0.2) is 4.39 Å². The fourth-order valence-electron chi connectivity index (χ4n) is 2.27. The Bertz CT molecular complexity index is 437. The largest absolute Gasteiger partial charge is 0.207 e. The van der Waals surface area contributed by atoms with Crippen molar-refractivity contribution >= 4 is 0 Å². The third kappa shape index (κ3) is 7.34. The molecule has 1 heteroatoms. The van der Waals surface area contributed by atoms with Crippen molar-refractivity contribution in [3.63, 3.8) is 0 Å². The Morgan fingerprint density at radius 2 is 1.60 bits per heavy atom. The lowest BCUT2D eigenvalue weighted by molar-refractivity contribution is 0.579. The van der Waals surface area contributed by atoms with Crippen LogP contribution in [0.15, 0.2) is 18.2 Å². The second-order valence-corrected chi connectivity index (χ2v) is 5.49. The van der Waals surface area contributed by atoms with E-state index in [1.54, 1.807) is 12.1 Å². The first-order chi connectivity index (χ1) is 9.74. The first-order valence-electron chi connectivity index (χ1n) is 7.99. The summed E-state index contributed by atoms with van der Waals surface area (Å²) < 4.78 is 12.9. The molecule has 0 aliphatic carbocycles. The van der Waals surface area contributed by atoms with E-state index in [-0.39, 0.29) is 5.82 Å². The van der Waals surface area contributed by atoms with Crippen LogP contribution in [0.25, 0.3) is 0 Å². The molecule has 0 saturated heterocycles. The smallest absolute Gasteiger partial charge is 0.123 e. The molecular weight excluding hydrogens is 247 g/mol. The molecule has 0 aliphatic heterocycles. The van der Waals surface area contributed by atoms with E-state index in [9.17, 15) is 4.39 Å². The standard InChI is InChI=1S/C19H27F/c1-3-4-5-6-7-8-9-10-11-12-13-18-14-15-19(20)16-17(18)2/h14-16H,3-11H2,1-2H3. The summed E-state index contributed by atoms with van der Waals surface area (Å²) in [5.41, 5.74) is 1.87. The predicted octanol–water partition coefficient (Wildman–Crippen LogP) is 6.02. The van der Waals surface area contributed by atoms with Gasteiger partial charge < -0.3 is 0 Å². The fraction of sp³-hybridized carbons (Fsp3) is 0.579. The van der Waals surface area contributed by atoms with Crippen LogP contribution in [0.3, 0.4) is 0 Å². The molecular formula is C19H27F. The maximum absolute atomic E-state index is 12.9. The molecule has 0 heterocycles. The lowest BCUT2D eigenvalue weighted by Crippen LogP contribution is -1.84. The highest BCUT2D eigenvalue weighted by Gasteiger charge is 1.96. The monoisotopic (exact) mass is 274 g/mol. The van der Waals surface area contributed by atoms with Crippen molar-refractivity contribution in [2.24, 2.45) is 0 Å². The SMILES string of the molecule is CCCCCCCCCCC#Cc1ccc(F)cc1C. The Hall–Kier alpha value is -1.29. The molecule has 1 aromatic carbocycles. The molecule has 0 amide bonds. The number of halogens is 1. The van der Waals surface area contributed by atoms with Crippen LogP contribution in [0.1, 0.15) is 75.8 Å². The minimum absolute atomic E-state index is 0.184. The first kappa shape index (κ1) is 16.8. The van der Waals surface area contributed by atoms with Gasteiger partial charge in [0.25, 0.3) is 0 Å². The highest BCUT2D eigenvalue weighted by molar-refractivity contribution is 5.40. The highest BCUT2D eigenvalue weighted by Crippen LogP contribution is 2.10. The average molecular weight is 274 g/mol. The molecule has 0 bridgehead atoms. The van der Waals surface area contributed by atoms with Gasteiger partial charge in [-0.15, -0.1) is 0 Å². The van der Waals surface area contributed by atoms with E-state index in [1.165, 1.54) is 57.4 Å². The maximum Gasteiger partial charge on any atom is 0.123 e. The molecule has 0 aromatic heterocycles. The molecule has 0 nitrogen and oxygen atoms in total. The average Bonchev–Trinajstić information content (AvgIpc) is 2.43. The Balaban J connectivity index is 2.11. The zero-order valence-electron chi connectivity index (χ0n) is 13.0. The molecule has 0 unspecified atom stereocenters. The number of unbranched alkanes of at least 4 members (excludes halogenated alkanes) is 8. The molecule has 0 spiro atoms. The third-order valence-corrected chi connectivity index (χ3v) is 3.57. The number of aryl methyl sites for hydroxylation is 1. The zero-order chi connectivity index (χ0) is 14.6. The Labute approximate surface area is 123 Å². The summed E-state index contributed by atoms with van der Waals surface area (Å²) in [4.78, 5) is 0. The van der Waals surface area contributed by atoms with Crippen molar-refractivity contribution < 1.29 is 4.39 Å². The number of rotatable bonds is 8. The Kier molecular flexibility index (Phi) is 8.79. The number of hydrogen-bond donors (Lipinski definition) is 0. The van der Waals surface area contributed by atoms with Crippen LogP contribution in [0, 0.1) is 24.6 Å². The molecule has 110 valence electrons. The molecule has 0 aliphatic rings. The normalized spacial score (nSPS) is 10.2. The van der Waals surface area contributed by atoms with Crippen molar-refractivity contribution in [3.05, 3.63) is 35.1 Å². The number of benzene rings is 1. The second-order valence-electron chi connectivity index (χ2n) is 5.49. The van der Waals surface area contributed by atoms with Crippen molar-refractivity contribution in [2.75, 3.05) is 0 Å². The van der Waals surface area contributed by atoms with Gasteiger partial charge in [0.1, 0.15) is 5.82 Å². The van der Waals surface area contributed by atoms with E-state index < -0.39 is 0 Å². The van der Waals surface area contributed by atoms with Crippen molar-refractivity contribution in [1.82, 2.24) is 0 Å². The van der Waals surface area contributed by atoms with Crippen LogP contribution >= 0.6 is 0 Å². The van der Waals surface area contributed by atoms with Crippen LogP contribution in [0.4, 0.5) is 4.39 Å². The Morgan fingerprint density at radius 3 is 2.25 bits per heavy atom. The van der Waals surface area contributed by atoms with Crippen LogP contribution in [0.2, 0.25) is 0 Å². The minimum Gasteiger partial charge on any atom is -0.207 e. The minimum atomic E-state index is -0.184. The van der Waals surface area contributed by atoms with Gasteiger partial charge >= 0.3 is 0 Å². The van der Waals surface area contributed by atoms with Gasteiger partial charge in [0.05, 0.1) is 0 Å². The number of hydrogen-bond acceptors (Lipinski definition) is 0. The summed E-state index contributed by atoms with van der Waals surface area (Å²) in [6, 6.07) is 4.79. The topological polar surface area (TPSA) is 0 Å². The van der Waals surface area contributed by atoms with E-state index in [0.29, 0.717) is 0 Å². The van der Waals surface area contributed by atoms with Crippen molar-refractivity contribution in [2.45, 2.75) is 71.6 Å². The van der Waals surface area contributed by atoms with Crippen LogP contribution in [-0.2, 0) is 0 Å². The second kappa shape index (κ2) is 10.5. The van der Waals surface area contributed by atoms with Gasteiger partial charge in [0.15, 0.2) is 0 Å². The molecule has 0 saturated carbocycles. The quantitative estimate of drug-likeness (QED) is 0.402. The summed E-state index contributed by atoms with van der Waals surface area (Å²) in [7, 11) is 0. The van der Waals surface area contributed by atoms with Gasteiger partial charge in [0.2, 0.25) is 0 Å². The van der Waals surface area contributed by atoms with Crippen LogP contribution in [-0.4, -0.2) is 0 Å². The fourth-order valence-corrected chi connectivity index (χ4v) is 2.27. The third-order valence-electron chi connectivity index (χ3n) is 3.57. The van der Waals surface area contributed by atoms with Crippen LogP contribution in [0.5, 0.6) is 0 Å². The lowest BCUT2D eigenvalue weighted by Gasteiger charge is -1.99. The van der Waals surface area contributed by atoms with E-state index in [2.05, 4.69) is 18.8 Å². The lowest BCUT2D eigenvalue weighted by atomic mass is 10.1. The molecule has 1 rings (SSSR count). The zero-order valence-corrected chi connectivity index (χ0v) is 13.0. The first-order valence-corrected chi connectivity index (χ1v) is 7.99. The highest BCUT2D eigenvalue weighted by atomic mass is 19.1. The summed E-state index contributed by atoms with van der Waals surface area (Å²) in [6.07, 6.45) is 11.6. The molecule has 20 heavy (non-hydrogen) atoms. The van der Waals surface area contributed by atoms with E-state index in [4.69, 9.17) is 0 Å². The Morgan fingerprint density at radius 1 is 0.950 bits per heavy atom. The summed E-state index contributed by atoms with van der Waals surface area (Å²) in [6.45, 7) is 4.16. The van der Waals surface area contributed by atoms with Gasteiger partial charge in [0, 0.05) is 12.0 Å². The predicted molar refractivity (Wildman–Crippen MR) is 85.2 cm³/mol. The molecule has 1 aromatic rings. The van der Waals surface area contributed by atoms with Gasteiger partial charge in [-0.05, 0) is 37.1 Å². The molecule has 0 fully saturated rings. The van der Waals surface area contributed by atoms with Gasteiger partial charge in [-0.2, -0.15) is 0 Å². The molecule has 0 N–H and O–H groups in total. The maximum atomic E-state index is 12.9. The van der Waals surface area contributed by atoms with E-state index >= 15 is 0 Å². The van der Waals surface area contributed by atoms with Crippen molar-refractivity contribution in [3.8, 4) is 11.8 Å².